The molecule has 0 radical (unpaired) electrons. The summed E-state index contributed by atoms with van der Waals surface area (Å²) < 4.78 is 0. The zero-order valence-electron chi connectivity index (χ0n) is 12.1. The molecule has 1 aromatic heterocycles. The monoisotopic (exact) mass is 291 g/mol. The predicted octanol–water partition coefficient (Wildman–Crippen LogP) is 2.93. The van der Waals surface area contributed by atoms with Gasteiger partial charge in [0.2, 0.25) is 0 Å². The summed E-state index contributed by atoms with van der Waals surface area (Å²) in [4.78, 5) is 6.86. The summed E-state index contributed by atoms with van der Waals surface area (Å²) in [6.07, 6.45) is 8.63. The number of hydrogen-bond donors (Lipinski definition) is 1. The molecule has 3 rings (SSSR count). The van der Waals surface area contributed by atoms with Crippen LogP contribution in [0.25, 0.3) is 0 Å². The standard InChI is InChI=1S/C16H25N3S/c1-3-9-17-16(6-1)19-10-7-14(8-11-19)18-13-15-5-2-4-12-20-15/h1,3,6,9,14-15,18H,2,4-5,7-8,10-13H2. The van der Waals surface area contributed by atoms with E-state index in [1.807, 2.05) is 12.3 Å². The van der Waals surface area contributed by atoms with Crippen LogP contribution in [0.4, 0.5) is 5.82 Å². The first kappa shape index (κ1) is 14.2. The summed E-state index contributed by atoms with van der Waals surface area (Å²) in [5, 5.41) is 4.65. The van der Waals surface area contributed by atoms with Gasteiger partial charge in [-0.3, -0.25) is 0 Å². The molecule has 0 saturated carbocycles. The summed E-state index contributed by atoms with van der Waals surface area (Å²) >= 11 is 2.17. The summed E-state index contributed by atoms with van der Waals surface area (Å²) in [5.74, 6) is 2.50. The molecule has 0 spiro atoms. The topological polar surface area (TPSA) is 28.2 Å². The molecule has 2 fully saturated rings. The first-order chi connectivity index (χ1) is 9.92. The third-order valence-corrected chi connectivity index (χ3v) is 5.77. The van der Waals surface area contributed by atoms with Crippen molar-refractivity contribution in [3.05, 3.63) is 24.4 Å². The van der Waals surface area contributed by atoms with Crippen molar-refractivity contribution < 1.29 is 0 Å². The lowest BCUT2D eigenvalue weighted by Gasteiger charge is -2.34. The second-order valence-electron chi connectivity index (χ2n) is 5.85. The van der Waals surface area contributed by atoms with Gasteiger partial charge in [-0.15, -0.1) is 0 Å². The van der Waals surface area contributed by atoms with E-state index in [0.717, 1.165) is 24.2 Å². The smallest absolute Gasteiger partial charge is 0.128 e. The minimum Gasteiger partial charge on any atom is -0.357 e. The number of thioether (sulfide) groups is 1. The molecule has 0 bridgehead atoms. The van der Waals surface area contributed by atoms with E-state index >= 15 is 0 Å². The lowest BCUT2D eigenvalue weighted by atomic mass is 10.0. The summed E-state index contributed by atoms with van der Waals surface area (Å²) in [6.45, 7) is 3.47. The summed E-state index contributed by atoms with van der Waals surface area (Å²) in [5.41, 5.74) is 0. The van der Waals surface area contributed by atoms with E-state index in [0.29, 0.717) is 6.04 Å². The first-order valence-corrected chi connectivity index (χ1v) is 8.97. The molecule has 1 unspecified atom stereocenters. The lowest BCUT2D eigenvalue weighted by molar-refractivity contribution is 0.409. The highest BCUT2D eigenvalue weighted by Gasteiger charge is 2.21. The highest BCUT2D eigenvalue weighted by atomic mass is 32.2. The molecule has 1 N–H and O–H groups in total. The van der Waals surface area contributed by atoms with Crippen molar-refractivity contribution in [1.82, 2.24) is 10.3 Å². The number of anilines is 1. The van der Waals surface area contributed by atoms with Gasteiger partial charge in [0.25, 0.3) is 0 Å². The van der Waals surface area contributed by atoms with E-state index in [4.69, 9.17) is 0 Å². The second-order valence-corrected chi connectivity index (χ2v) is 7.25. The van der Waals surface area contributed by atoms with Crippen LogP contribution in [0.5, 0.6) is 0 Å². The van der Waals surface area contributed by atoms with Gasteiger partial charge >= 0.3 is 0 Å². The van der Waals surface area contributed by atoms with Gasteiger partial charge in [-0.1, -0.05) is 12.5 Å². The Morgan fingerprint density at radius 3 is 2.80 bits per heavy atom. The fourth-order valence-electron chi connectivity index (χ4n) is 3.12. The van der Waals surface area contributed by atoms with Crippen LogP contribution in [0.2, 0.25) is 0 Å². The van der Waals surface area contributed by atoms with Crippen molar-refractivity contribution in [3.63, 3.8) is 0 Å². The second kappa shape index (κ2) is 7.32. The predicted molar refractivity (Wildman–Crippen MR) is 87.6 cm³/mol. The number of nitrogens with one attached hydrogen (secondary N) is 1. The Labute approximate surface area is 126 Å². The van der Waals surface area contributed by atoms with E-state index in [2.05, 4.69) is 39.1 Å². The minimum atomic E-state index is 0.706. The highest BCUT2D eigenvalue weighted by Crippen LogP contribution is 2.25. The zero-order chi connectivity index (χ0) is 13.6. The van der Waals surface area contributed by atoms with Crippen LogP contribution in [0.3, 0.4) is 0 Å². The lowest BCUT2D eigenvalue weighted by Crippen LogP contribution is -2.44. The number of aromatic nitrogens is 1. The molecule has 110 valence electrons. The van der Waals surface area contributed by atoms with Crippen LogP contribution in [0, 0.1) is 0 Å². The highest BCUT2D eigenvalue weighted by molar-refractivity contribution is 7.99. The van der Waals surface area contributed by atoms with Crippen LogP contribution >= 0.6 is 11.8 Å². The zero-order valence-corrected chi connectivity index (χ0v) is 12.9. The van der Waals surface area contributed by atoms with Crippen molar-refractivity contribution in [2.75, 3.05) is 30.3 Å². The fourth-order valence-corrected chi connectivity index (χ4v) is 4.37. The Morgan fingerprint density at radius 2 is 2.10 bits per heavy atom. The molecule has 1 aromatic rings. The van der Waals surface area contributed by atoms with Crippen molar-refractivity contribution in [3.8, 4) is 0 Å². The number of nitrogens with zero attached hydrogens (tertiary/aromatic N) is 2. The molecule has 3 nitrogen and oxygen atoms in total. The Hall–Kier alpha value is -0.740. The molecule has 0 aromatic carbocycles. The van der Waals surface area contributed by atoms with Gasteiger partial charge in [0.1, 0.15) is 5.82 Å². The van der Waals surface area contributed by atoms with Gasteiger partial charge in [0, 0.05) is 37.1 Å². The Balaban J connectivity index is 1.40. The Bertz CT molecular complexity index is 384. The quantitative estimate of drug-likeness (QED) is 0.923. The van der Waals surface area contributed by atoms with Gasteiger partial charge in [0.05, 0.1) is 0 Å². The molecular formula is C16H25N3S. The summed E-state index contributed by atoms with van der Waals surface area (Å²) in [7, 11) is 0. The number of pyridine rings is 1. The summed E-state index contributed by atoms with van der Waals surface area (Å²) in [6, 6.07) is 6.89. The van der Waals surface area contributed by atoms with E-state index in [-0.39, 0.29) is 0 Å². The van der Waals surface area contributed by atoms with Gasteiger partial charge in [-0.2, -0.15) is 11.8 Å². The average Bonchev–Trinajstić information content (AvgIpc) is 2.55. The molecule has 0 aliphatic carbocycles. The normalized spacial score (nSPS) is 24.8. The van der Waals surface area contributed by atoms with E-state index in [1.165, 1.54) is 44.4 Å². The van der Waals surface area contributed by atoms with Crippen molar-refractivity contribution >= 4 is 17.6 Å². The van der Waals surface area contributed by atoms with Crippen LogP contribution in [-0.4, -0.2) is 41.7 Å². The largest absolute Gasteiger partial charge is 0.357 e. The van der Waals surface area contributed by atoms with Crippen LogP contribution < -0.4 is 10.2 Å². The molecule has 3 heterocycles. The maximum atomic E-state index is 4.45. The van der Waals surface area contributed by atoms with Crippen LogP contribution in [0.15, 0.2) is 24.4 Å². The number of hydrogen-bond acceptors (Lipinski definition) is 4. The van der Waals surface area contributed by atoms with Gasteiger partial charge in [-0.25, -0.2) is 4.98 Å². The minimum absolute atomic E-state index is 0.706. The molecule has 2 aliphatic rings. The van der Waals surface area contributed by atoms with Crippen molar-refractivity contribution in [2.24, 2.45) is 0 Å². The molecule has 1 atom stereocenters. The number of rotatable bonds is 4. The van der Waals surface area contributed by atoms with Crippen molar-refractivity contribution in [2.45, 2.75) is 43.4 Å². The van der Waals surface area contributed by atoms with E-state index < -0.39 is 0 Å². The first-order valence-electron chi connectivity index (χ1n) is 7.93. The maximum Gasteiger partial charge on any atom is 0.128 e. The Kier molecular flexibility index (Phi) is 5.20. The van der Waals surface area contributed by atoms with Crippen LogP contribution in [-0.2, 0) is 0 Å². The van der Waals surface area contributed by atoms with Gasteiger partial charge in [0.15, 0.2) is 0 Å². The maximum absolute atomic E-state index is 4.45. The number of piperidine rings is 1. The van der Waals surface area contributed by atoms with Gasteiger partial charge in [-0.05, 0) is 43.6 Å². The van der Waals surface area contributed by atoms with Crippen LogP contribution in [0.1, 0.15) is 32.1 Å². The fraction of sp³-hybridized carbons (Fsp3) is 0.688. The third-order valence-electron chi connectivity index (χ3n) is 4.38. The molecular weight excluding hydrogens is 266 g/mol. The SMILES string of the molecule is c1ccc(N2CCC(NCC3CCCCS3)CC2)nc1. The molecule has 4 heteroatoms. The molecule has 0 amide bonds. The molecule has 20 heavy (non-hydrogen) atoms. The molecule has 2 saturated heterocycles. The third kappa shape index (κ3) is 3.89. The van der Waals surface area contributed by atoms with Crippen molar-refractivity contribution in [1.29, 1.82) is 0 Å². The van der Waals surface area contributed by atoms with E-state index in [9.17, 15) is 0 Å². The molecule has 2 aliphatic heterocycles. The average molecular weight is 291 g/mol. The van der Waals surface area contributed by atoms with Gasteiger partial charge < -0.3 is 10.2 Å². The Morgan fingerprint density at radius 1 is 1.20 bits per heavy atom. The van der Waals surface area contributed by atoms with E-state index in [1.54, 1.807) is 0 Å².